The van der Waals surface area contributed by atoms with Gasteiger partial charge < -0.3 is 10.6 Å². The average molecular weight is 516 g/mol. The number of thiophene rings is 1. The van der Waals surface area contributed by atoms with Crippen molar-refractivity contribution in [3.05, 3.63) is 57.5 Å². The fraction of sp³-hybridized carbons (Fsp3) is 0.476. The molecule has 0 spiro atoms. The summed E-state index contributed by atoms with van der Waals surface area (Å²) in [5, 5.41) is 8.93. The van der Waals surface area contributed by atoms with Crippen molar-refractivity contribution in [1.82, 2.24) is 15.5 Å². The number of hydrogen-bond acceptors (Lipinski definition) is 3. The molecular formula is C21H30FIN4S. The van der Waals surface area contributed by atoms with Crippen LogP contribution in [0, 0.1) is 18.7 Å². The molecule has 1 aliphatic rings. The number of halogens is 2. The number of likely N-dealkylation sites (tertiary alicyclic amines) is 1. The van der Waals surface area contributed by atoms with Gasteiger partial charge in [-0.1, -0.05) is 18.2 Å². The van der Waals surface area contributed by atoms with Crippen LogP contribution in [0.4, 0.5) is 4.39 Å². The maximum atomic E-state index is 13.4. The van der Waals surface area contributed by atoms with E-state index in [0.717, 1.165) is 31.2 Å². The van der Waals surface area contributed by atoms with Gasteiger partial charge in [0.2, 0.25) is 0 Å². The van der Waals surface area contributed by atoms with Gasteiger partial charge in [0.15, 0.2) is 5.96 Å². The molecule has 2 aromatic rings. The lowest BCUT2D eigenvalue weighted by Crippen LogP contribution is -2.44. The van der Waals surface area contributed by atoms with Gasteiger partial charge in [0, 0.05) is 38.1 Å². The van der Waals surface area contributed by atoms with Gasteiger partial charge in [0.05, 0.1) is 0 Å². The van der Waals surface area contributed by atoms with Gasteiger partial charge in [-0.2, -0.15) is 0 Å². The molecule has 1 aromatic heterocycles. The molecule has 4 nitrogen and oxygen atoms in total. The number of guanidine groups is 1. The third kappa shape index (κ3) is 7.00. The largest absolute Gasteiger partial charge is 0.356 e. The number of nitrogens with zero attached hydrogens (tertiary/aromatic N) is 2. The topological polar surface area (TPSA) is 39.7 Å². The van der Waals surface area contributed by atoms with Gasteiger partial charge in [0.1, 0.15) is 5.82 Å². The van der Waals surface area contributed by atoms with Crippen LogP contribution < -0.4 is 10.6 Å². The van der Waals surface area contributed by atoms with E-state index in [9.17, 15) is 4.39 Å². The number of nitrogens with one attached hydrogen (secondary N) is 2. The molecule has 1 aliphatic heterocycles. The molecule has 1 atom stereocenters. The van der Waals surface area contributed by atoms with Crippen LogP contribution in [-0.2, 0) is 13.1 Å². The highest BCUT2D eigenvalue weighted by Gasteiger charge is 2.20. The van der Waals surface area contributed by atoms with Crippen molar-refractivity contribution in [3.63, 3.8) is 0 Å². The van der Waals surface area contributed by atoms with Gasteiger partial charge in [-0.3, -0.25) is 9.89 Å². The Hall–Kier alpha value is -1.19. The third-order valence-corrected chi connectivity index (χ3v) is 5.89. The van der Waals surface area contributed by atoms with Gasteiger partial charge in [-0.05, 0) is 60.9 Å². The number of aryl methyl sites for hydroxylation is 1. The van der Waals surface area contributed by atoms with Crippen LogP contribution in [0.15, 0.2) is 40.7 Å². The Bertz CT molecular complexity index is 751. The van der Waals surface area contributed by atoms with E-state index in [1.54, 1.807) is 14.0 Å². The number of benzene rings is 1. The van der Waals surface area contributed by atoms with E-state index in [2.05, 4.69) is 38.0 Å². The molecule has 7 heteroatoms. The minimum absolute atomic E-state index is 0. The standard InChI is InChI=1S/C21H29FN4S.HI/c1-16-11-17(7-8-20(16)22)12-24-21(23-2)25-13-18-5-3-9-26(14-18)15-19-6-4-10-27-19;/h4,6-8,10-11,18H,3,5,9,12-15H2,1-2H3,(H2,23,24,25);1H. The molecule has 0 aliphatic carbocycles. The summed E-state index contributed by atoms with van der Waals surface area (Å²) in [6.45, 7) is 6.71. The fourth-order valence-electron chi connectivity index (χ4n) is 3.55. The Morgan fingerprint density at radius 3 is 2.89 bits per heavy atom. The van der Waals surface area contributed by atoms with Crippen molar-refractivity contribution in [2.45, 2.75) is 32.9 Å². The summed E-state index contributed by atoms with van der Waals surface area (Å²) in [6.07, 6.45) is 2.50. The van der Waals surface area contributed by atoms with Crippen molar-refractivity contribution < 1.29 is 4.39 Å². The van der Waals surface area contributed by atoms with Crippen molar-refractivity contribution in [2.75, 3.05) is 26.7 Å². The quantitative estimate of drug-likeness (QED) is 0.340. The predicted molar refractivity (Wildman–Crippen MR) is 127 cm³/mol. The SMILES string of the molecule is CN=C(NCc1ccc(F)c(C)c1)NCC1CCCN(Cc2cccs2)C1.I. The second kappa shape index (κ2) is 11.7. The Labute approximate surface area is 188 Å². The highest BCUT2D eigenvalue weighted by atomic mass is 127. The number of hydrogen-bond donors (Lipinski definition) is 2. The molecule has 1 unspecified atom stereocenters. The lowest BCUT2D eigenvalue weighted by molar-refractivity contribution is 0.169. The molecule has 28 heavy (non-hydrogen) atoms. The molecule has 154 valence electrons. The van der Waals surface area contributed by atoms with Crippen LogP contribution in [0.3, 0.4) is 0 Å². The summed E-state index contributed by atoms with van der Waals surface area (Å²) in [5.41, 5.74) is 1.72. The van der Waals surface area contributed by atoms with Gasteiger partial charge in [-0.15, -0.1) is 35.3 Å². The van der Waals surface area contributed by atoms with Crippen molar-refractivity contribution in [3.8, 4) is 0 Å². The van der Waals surface area contributed by atoms with E-state index in [1.807, 2.05) is 23.5 Å². The molecular weight excluding hydrogens is 486 g/mol. The minimum atomic E-state index is -0.161. The van der Waals surface area contributed by atoms with Crippen LogP contribution >= 0.6 is 35.3 Å². The van der Waals surface area contributed by atoms with Gasteiger partial charge in [-0.25, -0.2) is 4.39 Å². The summed E-state index contributed by atoms with van der Waals surface area (Å²) in [5.74, 6) is 1.27. The summed E-state index contributed by atoms with van der Waals surface area (Å²) in [7, 11) is 1.79. The number of rotatable bonds is 6. The second-order valence-electron chi connectivity index (χ2n) is 7.21. The summed E-state index contributed by atoms with van der Waals surface area (Å²) < 4.78 is 13.4. The van der Waals surface area contributed by atoms with Crippen LogP contribution in [-0.4, -0.2) is 37.5 Å². The smallest absolute Gasteiger partial charge is 0.191 e. The van der Waals surface area contributed by atoms with E-state index in [-0.39, 0.29) is 29.8 Å². The van der Waals surface area contributed by atoms with Crippen LogP contribution in [0.25, 0.3) is 0 Å². The first-order valence-electron chi connectivity index (χ1n) is 9.58. The van der Waals surface area contributed by atoms with Crippen molar-refractivity contribution in [1.29, 1.82) is 0 Å². The van der Waals surface area contributed by atoms with E-state index in [0.29, 0.717) is 18.0 Å². The molecule has 3 rings (SSSR count). The van der Waals surface area contributed by atoms with E-state index in [1.165, 1.54) is 30.3 Å². The summed E-state index contributed by atoms with van der Waals surface area (Å²) in [4.78, 5) is 8.31. The van der Waals surface area contributed by atoms with Crippen molar-refractivity contribution >= 4 is 41.3 Å². The predicted octanol–water partition coefficient (Wildman–Crippen LogP) is 4.39. The second-order valence-corrected chi connectivity index (χ2v) is 8.25. The third-order valence-electron chi connectivity index (χ3n) is 5.03. The first-order chi connectivity index (χ1) is 13.1. The van der Waals surface area contributed by atoms with E-state index in [4.69, 9.17) is 0 Å². The average Bonchev–Trinajstić information content (AvgIpc) is 3.18. The lowest BCUT2D eigenvalue weighted by Gasteiger charge is -2.32. The molecule has 1 fully saturated rings. The molecule has 2 heterocycles. The highest BCUT2D eigenvalue weighted by Crippen LogP contribution is 2.20. The first-order valence-corrected chi connectivity index (χ1v) is 10.5. The van der Waals surface area contributed by atoms with E-state index < -0.39 is 0 Å². The van der Waals surface area contributed by atoms with Crippen LogP contribution in [0.5, 0.6) is 0 Å². The zero-order valence-corrected chi connectivity index (χ0v) is 19.7. The Morgan fingerprint density at radius 2 is 2.18 bits per heavy atom. The Kier molecular flexibility index (Phi) is 9.67. The monoisotopic (exact) mass is 516 g/mol. The molecule has 1 aromatic carbocycles. The fourth-order valence-corrected chi connectivity index (χ4v) is 4.29. The van der Waals surface area contributed by atoms with Gasteiger partial charge >= 0.3 is 0 Å². The van der Waals surface area contributed by atoms with Crippen LogP contribution in [0.1, 0.15) is 28.8 Å². The summed E-state index contributed by atoms with van der Waals surface area (Å²) in [6, 6.07) is 9.55. The number of aliphatic imine (C=N–C) groups is 1. The summed E-state index contributed by atoms with van der Waals surface area (Å²) >= 11 is 1.84. The zero-order valence-electron chi connectivity index (χ0n) is 16.6. The minimum Gasteiger partial charge on any atom is -0.356 e. The zero-order chi connectivity index (χ0) is 19.1. The van der Waals surface area contributed by atoms with Gasteiger partial charge in [0.25, 0.3) is 0 Å². The van der Waals surface area contributed by atoms with Crippen molar-refractivity contribution in [2.24, 2.45) is 10.9 Å². The molecule has 0 saturated carbocycles. The molecule has 0 radical (unpaired) electrons. The molecule has 2 N–H and O–H groups in total. The Balaban J connectivity index is 0.00000280. The maximum Gasteiger partial charge on any atom is 0.191 e. The molecule has 1 saturated heterocycles. The molecule has 0 bridgehead atoms. The first kappa shape index (κ1) is 23.1. The molecule has 0 amide bonds. The maximum absolute atomic E-state index is 13.4. The number of piperidine rings is 1. The normalized spacial score (nSPS) is 17.8. The van der Waals surface area contributed by atoms with Crippen LogP contribution in [0.2, 0.25) is 0 Å². The Morgan fingerprint density at radius 1 is 1.32 bits per heavy atom. The lowest BCUT2D eigenvalue weighted by atomic mass is 9.98. The highest BCUT2D eigenvalue weighted by molar-refractivity contribution is 14.0. The van der Waals surface area contributed by atoms with E-state index >= 15 is 0 Å².